The van der Waals surface area contributed by atoms with Crippen LogP contribution in [0.25, 0.3) is 0 Å². The number of hydrogen-bond donors (Lipinski definition) is 3. The summed E-state index contributed by atoms with van der Waals surface area (Å²) in [6.07, 6.45) is 3.12. The molecule has 0 aliphatic heterocycles. The molecule has 7 heteroatoms. The van der Waals surface area contributed by atoms with E-state index < -0.39 is 5.91 Å². The van der Waals surface area contributed by atoms with Crippen LogP contribution in [-0.4, -0.2) is 23.5 Å². The maximum absolute atomic E-state index is 12.5. The van der Waals surface area contributed by atoms with Crippen LogP contribution in [0.1, 0.15) is 46.9 Å². The molecule has 2 rings (SSSR count). The third-order valence-electron chi connectivity index (χ3n) is 3.79. The summed E-state index contributed by atoms with van der Waals surface area (Å²) < 4.78 is 5.73. The highest BCUT2D eigenvalue weighted by molar-refractivity contribution is 7.80. The fourth-order valence-electron chi connectivity index (χ4n) is 2.36. The van der Waals surface area contributed by atoms with Crippen LogP contribution >= 0.6 is 12.2 Å². The average Bonchev–Trinajstić information content (AvgIpc) is 2.66. The van der Waals surface area contributed by atoms with Crippen LogP contribution in [0, 0.1) is 0 Å². The number of carbonyl (C=O) groups excluding carboxylic acids is 2. The zero-order valence-corrected chi connectivity index (χ0v) is 16.0. The molecule has 0 spiro atoms. The Morgan fingerprint density at radius 2 is 1.78 bits per heavy atom. The third-order valence-corrected chi connectivity index (χ3v) is 4.00. The van der Waals surface area contributed by atoms with Crippen LogP contribution in [0.3, 0.4) is 0 Å². The van der Waals surface area contributed by atoms with Crippen molar-refractivity contribution in [1.82, 2.24) is 5.32 Å². The van der Waals surface area contributed by atoms with Crippen molar-refractivity contribution in [3.63, 3.8) is 0 Å². The molecule has 0 aliphatic carbocycles. The van der Waals surface area contributed by atoms with Gasteiger partial charge in [-0.05, 0) is 55.0 Å². The molecule has 0 unspecified atom stereocenters. The first kappa shape index (κ1) is 20.4. The number of nitrogens with two attached hydrogens (primary N) is 1. The van der Waals surface area contributed by atoms with Gasteiger partial charge in [-0.15, -0.1) is 0 Å². The van der Waals surface area contributed by atoms with E-state index in [-0.39, 0.29) is 11.0 Å². The molecule has 0 fully saturated rings. The topological polar surface area (TPSA) is 93.4 Å². The average molecular weight is 385 g/mol. The first-order valence-corrected chi connectivity index (χ1v) is 9.16. The number of rotatable bonds is 8. The number of unbranched alkanes of at least 4 members (excludes halogenated alkanes) is 2. The lowest BCUT2D eigenvalue weighted by Gasteiger charge is -2.13. The summed E-state index contributed by atoms with van der Waals surface area (Å²) in [4.78, 5) is 23.6. The number of thiocarbonyl (C=S) groups is 1. The van der Waals surface area contributed by atoms with Crippen molar-refractivity contribution in [3.8, 4) is 5.75 Å². The van der Waals surface area contributed by atoms with Crippen molar-refractivity contribution < 1.29 is 14.3 Å². The van der Waals surface area contributed by atoms with Gasteiger partial charge in [-0.3, -0.25) is 14.9 Å². The van der Waals surface area contributed by atoms with Crippen LogP contribution in [0.15, 0.2) is 48.5 Å². The Balaban J connectivity index is 1.95. The van der Waals surface area contributed by atoms with Crippen LogP contribution in [-0.2, 0) is 0 Å². The Hall–Kier alpha value is -2.93. The zero-order chi connectivity index (χ0) is 19.6. The van der Waals surface area contributed by atoms with E-state index in [1.165, 1.54) is 0 Å². The molecule has 0 heterocycles. The molecule has 27 heavy (non-hydrogen) atoms. The number of anilines is 1. The minimum absolute atomic E-state index is 0.146. The molecule has 2 amide bonds. The molecule has 2 aromatic rings. The van der Waals surface area contributed by atoms with Crippen molar-refractivity contribution >= 4 is 34.8 Å². The molecule has 0 saturated heterocycles. The lowest BCUT2D eigenvalue weighted by Crippen LogP contribution is -2.34. The number of hydrogen-bond acceptors (Lipinski definition) is 4. The fourth-order valence-corrected chi connectivity index (χ4v) is 2.58. The predicted octanol–water partition coefficient (Wildman–Crippen LogP) is 3.48. The van der Waals surface area contributed by atoms with Gasteiger partial charge in [0.05, 0.1) is 12.2 Å². The summed E-state index contributed by atoms with van der Waals surface area (Å²) in [6, 6.07) is 13.5. The second-order valence-corrected chi connectivity index (χ2v) is 6.31. The summed E-state index contributed by atoms with van der Waals surface area (Å²) in [5.74, 6) is -0.333. The summed E-state index contributed by atoms with van der Waals surface area (Å²) in [5, 5.41) is 5.67. The number of primary amides is 1. The molecule has 0 saturated carbocycles. The fraction of sp³-hybridized carbons (Fsp3) is 0.250. The minimum Gasteiger partial charge on any atom is -0.493 e. The Morgan fingerprint density at radius 3 is 2.44 bits per heavy atom. The first-order chi connectivity index (χ1) is 13.0. The van der Waals surface area contributed by atoms with E-state index in [1.807, 2.05) is 6.07 Å². The van der Waals surface area contributed by atoms with Gasteiger partial charge >= 0.3 is 0 Å². The quantitative estimate of drug-likeness (QED) is 0.478. The van der Waals surface area contributed by atoms with E-state index in [0.717, 1.165) is 19.3 Å². The third kappa shape index (κ3) is 6.38. The van der Waals surface area contributed by atoms with Crippen molar-refractivity contribution in [1.29, 1.82) is 0 Å². The van der Waals surface area contributed by atoms with E-state index in [2.05, 4.69) is 17.6 Å². The van der Waals surface area contributed by atoms with Crippen molar-refractivity contribution in [3.05, 3.63) is 59.7 Å². The van der Waals surface area contributed by atoms with Crippen LogP contribution in [0.4, 0.5) is 5.69 Å². The van der Waals surface area contributed by atoms with Gasteiger partial charge in [0.1, 0.15) is 5.75 Å². The van der Waals surface area contributed by atoms with Crippen LogP contribution in [0.2, 0.25) is 0 Å². The molecule has 0 bridgehead atoms. The molecule has 0 atom stereocenters. The Kier molecular flexibility index (Phi) is 7.76. The van der Waals surface area contributed by atoms with Gasteiger partial charge in [0, 0.05) is 11.3 Å². The number of benzene rings is 2. The summed E-state index contributed by atoms with van der Waals surface area (Å²) in [5.41, 5.74) is 6.65. The number of para-hydroxylation sites is 1. The second-order valence-electron chi connectivity index (χ2n) is 5.90. The standard InChI is InChI=1S/C20H23N3O3S/c1-2-3-6-13-26-17-8-5-4-7-16(17)19(25)23-20(27)22-15-11-9-14(10-12-15)18(21)24/h4-5,7-12H,2-3,6,13H2,1H3,(H2,21,24)(H2,22,23,25,27). The number of nitrogens with one attached hydrogen (secondary N) is 2. The van der Waals surface area contributed by atoms with E-state index in [0.29, 0.717) is 29.2 Å². The van der Waals surface area contributed by atoms with Gasteiger partial charge in [-0.25, -0.2) is 0 Å². The van der Waals surface area contributed by atoms with Crippen LogP contribution < -0.4 is 21.1 Å². The number of carbonyl (C=O) groups is 2. The largest absolute Gasteiger partial charge is 0.493 e. The van der Waals surface area contributed by atoms with Gasteiger partial charge in [0.2, 0.25) is 5.91 Å². The lowest BCUT2D eigenvalue weighted by molar-refractivity contribution is 0.0971. The summed E-state index contributed by atoms with van der Waals surface area (Å²) in [6.45, 7) is 2.68. The van der Waals surface area contributed by atoms with Crippen molar-refractivity contribution in [2.24, 2.45) is 5.73 Å². The number of amides is 2. The highest BCUT2D eigenvalue weighted by Crippen LogP contribution is 2.18. The maximum Gasteiger partial charge on any atom is 0.261 e. The molecule has 6 nitrogen and oxygen atoms in total. The second kappa shape index (κ2) is 10.3. The number of ether oxygens (including phenoxy) is 1. The van der Waals surface area contributed by atoms with Gasteiger partial charge in [0.15, 0.2) is 5.11 Å². The molecule has 0 aliphatic rings. The van der Waals surface area contributed by atoms with E-state index in [4.69, 9.17) is 22.7 Å². The minimum atomic E-state index is -0.507. The van der Waals surface area contributed by atoms with Crippen molar-refractivity contribution in [2.45, 2.75) is 26.2 Å². The van der Waals surface area contributed by atoms with E-state index in [9.17, 15) is 9.59 Å². The van der Waals surface area contributed by atoms with Gasteiger partial charge < -0.3 is 15.8 Å². The van der Waals surface area contributed by atoms with Crippen LogP contribution in [0.5, 0.6) is 5.75 Å². The molecule has 2 aromatic carbocycles. The Morgan fingerprint density at radius 1 is 1.07 bits per heavy atom. The van der Waals surface area contributed by atoms with Crippen molar-refractivity contribution in [2.75, 3.05) is 11.9 Å². The molecule has 0 aromatic heterocycles. The smallest absolute Gasteiger partial charge is 0.261 e. The molecular formula is C20H23N3O3S. The lowest BCUT2D eigenvalue weighted by atomic mass is 10.2. The normalized spacial score (nSPS) is 10.1. The highest BCUT2D eigenvalue weighted by atomic mass is 32.1. The molecular weight excluding hydrogens is 362 g/mol. The SMILES string of the molecule is CCCCCOc1ccccc1C(=O)NC(=S)Nc1ccc(C(N)=O)cc1. The predicted molar refractivity (Wildman–Crippen MR) is 110 cm³/mol. The molecule has 142 valence electrons. The molecule has 0 radical (unpaired) electrons. The monoisotopic (exact) mass is 385 g/mol. The van der Waals surface area contributed by atoms with Gasteiger partial charge in [-0.1, -0.05) is 31.9 Å². The molecule has 4 N–H and O–H groups in total. The van der Waals surface area contributed by atoms with E-state index >= 15 is 0 Å². The first-order valence-electron chi connectivity index (χ1n) is 8.75. The Labute approximate surface area is 164 Å². The summed E-state index contributed by atoms with van der Waals surface area (Å²) >= 11 is 5.19. The Bertz CT molecular complexity index is 806. The highest BCUT2D eigenvalue weighted by Gasteiger charge is 2.13. The maximum atomic E-state index is 12.5. The van der Waals surface area contributed by atoms with E-state index in [1.54, 1.807) is 42.5 Å². The zero-order valence-electron chi connectivity index (χ0n) is 15.2. The summed E-state index contributed by atoms with van der Waals surface area (Å²) in [7, 11) is 0. The van der Waals surface area contributed by atoms with Gasteiger partial charge in [0.25, 0.3) is 5.91 Å². The van der Waals surface area contributed by atoms with Gasteiger partial charge in [-0.2, -0.15) is 0 Å².